The van der Waals surface area contributed by atoms with Crippen LogP contribution in [0.1, 0.15) is 32.8 Å². The van der Waals surface area contributed by atoms with Crippen LogP contribution in [0, 0.1) is 10.1 Å². The minimum Gasteiger partial charge on any atom is -0.364 e. The molecule has 0 aliphatic heterocycles. The van der Waals surface area contributed by atoms with Crippen molar-refractivity contribution in [3.05, 3.63) is 33.9 Å². The van der Waals surface area contributed by atoms with Crippen molar-refractivity contribution in [1.29, 1.82) is 0 Å². The van der Waals surface area contributed by atoms with Crippen LogP contribution in [0.4, 0.5) is 11.4 Å². The first-order valence-corrected chi connectivity index (χ1v) is 6.68. The maximum absolute atomic E-state index is 11.2. The van der Waals surface area contributed by atoms with E-state index in [1.54, 1.807) is 12.1 Å². The zero-order valence-electron chi connectivity index (χ0n) is 11.0. The van der Waals surface area contributed by atoms with E-state index in [9.17, 15) is 10.1 Å². The number of anilines is 1. The van der Waals surface area contributed by atoms with Crippen LogP contribution >= 0.6 is 11.6 Å². The molecule has 0 aliphatic carbocycles. The number of nitro groups is 1. The third-order valence-electron chi connectivity index (χ3n) is 3.16. The van der Waals surface area contributed by atoms with Gasteiger partial charge in [-0.1, -0.05) is 13.0 Å². The van der Waals surface area contributed by atoms with Gasteiger partial charge in [-0.2, -0.15) is 0 Å². The van der Waals surface area contributed by atoms with Crippen LogP contribution in [0.3, 0.4) is 0 Å². The van der Waals surface area contributed by atoms with Crippen LogP contribution in [-0.2, 0) is 5.88 Å². The summed E-state index contributed by atoms with van der Waals surface area (Å²) in [5, 5.41) is 11.2. The first-order chi connectivity index (χ1) is 8.54. The molecule has 1 aromatic carbocycles. The third-order valence-corrected chi connectivity index (χ3v) is 3.47. The van der Waals surface area contributed by atoms with Crippen molar-refractivity contribution >= 4 is 23.0 Å². The summed E-state index contributed by atoms with van der Waals surface area (Å²) in [5.74, 6) is 0.288. The fourth-order valence-corrected chi connectivity index (χ4v) is 2.15. The van der Waals surface area contributed by atoms with Gasteiger partial charge in [0.05, 0.1) is 4.92 Å². The van der Waals surface area contributed by atoms with Gasteiger partial charge in [0.1, 0.15) is 5.69 Å². The molecule has 5 heteroatoms. The number of benzene rings is 1. The predicted molar refractivity (Wildman–Crippen MR) is 75.4 cm³/mol. The minimum absolute atomic E-state index is 0.135. The number of alkyl halides is 1. The standard InChI is InChI=1S/C13H19ClN2O2/c1-4-10(3)15(5-2)12-7-6-11(9-14)8-13(12)16(17)18/h6-8,10H,4-5,9H2,1-3H3. The topological polar surface area (TPSA) is 46.4 Å². The fraction of sp³-hybridized carbons (Fsp3) is 0.538. The highest BCUT2D eigenvalue weighted by molar-refractivity contribution is 6.17. The highest BCUT2D eigenvalue weighted by Gasteiger charge is 2.21. The van der Waals surface area contributed by atoms with E-state index >= 15 is 0 Å². The van der Waals surface area contributed by atoms with Crippen LogP contribution in [-0.4, -0.2) is 17.5 Å². The molecule has 18 heavy (non-hydrogen) atoms. The normalized spacial score (nSPS) is 12.2. The number of nitrogens with zero attached hydrogens (tertiary/aromatic N) is 2. The number of nitro benzene ring substituents is 1. The lowest BCUT2D eigenvalue weighted by atomic mass is 10.1. The van der Waals surface area contributed by atoms with E-state index in [4.69, 9.17) is 11.6 Å². The molecule has 0 fully saturated rings. The van der Waals surface area contributed by atoms with E-state index in [1.165, 1.54) is 0 Å². The Kier molecular flexibility index (Phi) is 5.41. The summed E-state index contributed by atoms with van der Waals surface area (Å²) in [7, 11) is 0. The number of hydrogen-bond donors (Lipinski definition) is 0. The van der Waals surface area contributed by atoms with Gasteiger partial charge in [0.25, 0.3) is 5.69 Å². The molecule has 4 nitrogen and oxygen atoms in total. The van der Waals surface area contributed by atoms with Crippen molar-refractivity contribution in [2.75, 3.05) is 11.4 Å². The molecule has 0 heterocycles. The van der Waals surface area contributed by atoms with Gasteiger partial charge in [-0.3, -0.25) is 10.1 Å². The lowest BCUT2D eigenvalue weighted by Crippen LogP contribution is -2.32. The molecular formula is C13H19ClN2O2. The molecule has 1 aromatic rings. The molecule has 0 radical (unpaired) electrons. The zero-order chi connectivity index (χ0) is 13.7. The second-order valence-electron chi connectivity index (χ2n) is 4.26. The maximum atomic E-state index is 11.2. The molecule has 0 amide bonds. The highest BCUT2D eigenvalue weighted by atomic mass is 35.5. The Morgan fingerprint density at radius 1 is 1.44 bits per heavy atom. The first kappa shape index (κ1) is 14.8. The summed E-state index contributed by atoms with van der Waals surface area (Å²) in [4.78, 5) is 12.9. The summed E-state index contributed by atoms with van der Waals surface area (Å²) < 4.78 is 0. The Hall–Kier alpha value is -1.29. The van der Waals surface area contributed by atoms with Crippen LogP contribution < -0.4 is 4.90 Å². The fourth-order valence-electron chi connectivity index (χ4n) is 1.98. The summed E-state index contributed by atoms with van der Waals surface area (Å²) in [6, 6.07) is 5.48. The quantitative estimate of drug-likeness (QED) is 0.447. The molecule has 1 atom stereocenters. The number of rotatable bonds is 6. The van der Waals surface area contributed by atoms with Gasteiger partial charge < -0.3 is 4.90 Å². The molecule has 0 saturated carbocycles. The van der Waals surface area contributed by atoms with Crippen molar-refractivity contribution in [2.24, 2.45) is 0 Å². The van der Waals surface area contributed by atoms with Crippen molar-refractivity contribution in [1.82, 2.24) is 0 Å². The number of hydrogen-bond acceptors (Lipinski definition) is 3. The van der Waals surface area contributed by atoms with E-state index in [-0.39, 0.29) is 22.5 Å². The molecular weight excluding hydrogens is 252 g/mol. The molecule has 100 valence electrons. The Morgan fingerprint density at radius 2 is 2.11 bits per heavy atom. The van der Waals surface area contributed by atoms with Gasteiger partial charge in [0.15, 0.2) is 0 Å². The average molecular weight is 271 g/mol. The molecule has 0 aromatic heterocycles. The number of halogens is 1. The summed E-state index contributed by atoms with van der Waals surface area (Å²) in [6.45, 7) is 6.90. The average Bonchev–Trinajstić information content (AvgIpc) is 2.39. The minimum atomic E-state index is -0.337. The van der Waals surface area contributed by atoms with Crippen LogP contribution in [0.15, 0.2) is 18.2 Å². The smallest absolute Gasteiger partial charge is 0.292 e. The zero-order valence-corrected chi connectivity index (χ0v) is 11.8. The maximum Gasteiger partial charge on any atom is 0.292 e. The molecule has 0 aliphatic rings. The third kappa shape index (κ3) is 3.13. The van der Waals surface area contributed by atoms with Crippen LogP contribution in [0.5, 0.6) is 0 Å². The largest absolute Gasteiger partial charge is 0.364 e. The van der Waals surface area contributed by atoms with E-state index in [1.807, 2.05) is 13.0 Å². The lowest BCUT2D eigenvalue weighted by molar-refractivity contribution is -0.384. The van der Waals surface area contributed by atoms with Gasteiger partial charge in [-0.05, 0) is 31.9 Å². The molecule has 0 spiro atoms. The van der Waals surface area contributed by atoms with E-state index < -0.39 is 0 Å². The highest BCUT2D eigenvalue weighted by Crippen LogP contribution is 2.31. The predicted octanol–water partition coefficient (Wildman–Crippen LogP) is 3.96. The molecule has 0 N–H and O–H groups in total. The monoisotopic (exact) mass is 270 g/mol. The summed E-state index contributed by atoms with van der Waals surface area (Å²) in [5.41, 5.74) is 1.58. The Morgan fingerprint density at radius 3 is 2.56 bits per heavy atom. The Balaban J connectivity index is 3.25. The second-order valence-corrected chi connectivity index (χ2v) is 4.52. The SMILES string of the molecule is CCC(C)N(CC)c1ccc(CCl)cc1[N+](=O)[O-]. The first-order valence-electron chi connectivity index (χ1n) is 6.15. The summed E-state index contributed by atoms with van der Waals surface area (Å²) in [6.07, 6.45) is 0.947. The summed E-state index contributed by atoms with van der Waals surface area (Å²) >= 11 is 5.72. The van der Waals surface area contributed by atoms with Crippen molar-refractivity contribution in [3.8, 4) is 0 Å². The Bertz CT molecular complexity index is 423. The van der Waals surface area contributed by atoms with E-state index in [2.05, 4.69) is 18.7 Å². The molecule has 0 saturated heterocycles. The molecule has 1 unspecified atom stereocenters. The van der Waals surface area contributed by atoms with Gasteiger partial charge >= 0.3 is 0 Å². The van der Waals surface area contributed by atoms with Gasteiger partial charge in [-0.25, -0.2) is 0 Å². The van der Waals surface area contributed by atoms with Gasteiger partial charge in [0, 0.05) is 24.5 Å². The van der Waals surface area contributed by atoms with Crippen molar-refractivity contribution < 1.29 is 4.92 Å². The van der Waals surface area contributed by atoms with Gasteiger partial charge in [0.2, 0.25) is 0 Å². The van der Waals surface area contributed by atoms with Gasteiger partial charge in [-0.15, -0.1) is 11.6 Å². The van der Waals surface area contributed by atoms with E-state index in [0.29, 0.717) is 5.69 Å². The second kappa shape index (κ2) is 6.59. The lowest BCUT2D eigenvalue weighted by Gasteiger charge is -2.29. The van der Waals surface area contributed by atoms with Crippen LogP contribution in [0.25, 0.3) is 0 Å². The molecule has 1 rings (SSSR count). The van der Waals surface area contributed by atoms with E-state index in [0.717, 1.165) is 18.5 Å². The van der Waals surface area contributed by atoms with Crippen molar-refractivity contribution in [3.63, 3.8) is 0 Å². The Labute approximate surface area is 113 Å². The van der Waals surface area contributed by atoms with Crippen molar-refractivity contribution in [2.45, 2.75) is 39.1 Å². The molecule has 0 bridgehead atoms. The van der Waals surface area contributed by atoms with Crippen LogP contribution in [0.2, 0.25) is 0 Å².